The molecule has 0 aliphatic rings. The van der Waals surface area contributed by atoms with Crippen molar-refractivity contribution < 1.29 is 14.7 Å². The van der Waals surface area contributed by atoms with Gasteiger partial charge in [0.05, 0.1) is 21.3 Å². The van der Waals surface area contributed by atoms with E-state index in [4.69, 9.17) is 5.11 Å². The quantitative estimate of drug-likeness (QED) is 0.773. The van der Waals surface area contributed by atoms with Gasteiger partial charge in [0.15, 0.2) is 5.13 Å². The van der Waals surface area contributed by atoms with Gasteiger partial charge in [-0.1, -0.05) is 11.3 Å². The summed E-state index contributed by atoms with van der Waals surface area (Å²) in [7, 11) is 0. The first kappa shape index (κ1) is 13.7. The van der Waals surface area contributed by atoms with E-state index < -0.39 is 5.97 Å². The molecular formula is C14H10N2O3S2. The maximum absolute atomic E-state index is 12.1. The lowest BCUT2D eigenvalue weighted by Crippen LogP contribution is -2.11. The molecule has 2 aromatic heterocycles. The van der Waals surface area contributed by atoms with Crippen molar-refractivity contribution in [2.75, 3.05) is 5.32 Å². The molecule has 0 saturated carbocycles. The second-order valence-corrected chi connectivity index (χ2v) is 6.20. The number of benzene rings is 1. The number of carboxylic acid groups (broad SMARTS) is 1. The number of nitrogens with zero attached hydrogens (tertiary/aromatic N) is 1. The number of rotatable bonds is 3. The van der Waals surface area contributed by atoms with E-state index in [2.05, 4.69) is 10.3 Å². The summed E-state index contributed by atoms with van der Waals surface area (Å²) in [5.74, 6) is -1.18. The van der Waals surface area contributed by atoms with Crippen LogP contribution in [0, 0.1) is 6.92 Å². The van der Waals surface area contributed by atoms with E-state index in [1.165, 1.54) is 28.7 Å². The van der Waals surface area contributed by atoms with E-state index in [1.54, 1.807) is 17.5 Å². The number of anilines is 1. The molecular weight excluding hydrogens is 308 g/mol. The lowest BCUT2D eigenvalue weighted by Gasteiger charge is -1.99. The summed E-state index contributed by atoms with van der Waals surface area (Å²) in [4.78, 5) is 27.3. The first-order chi connectivity index (χ1) is 10.0. The summed E-state index contributed by atoms with van der Waals surface area (Å²) in [5.41, 5.74) is 2.43. The number of carbonyl (C=O) groups is 2. The van der Waals surface area contributed by atoms with Gasteiger partial charge in [-0.05, 0) is 36.1 Å². The van der Waals surface area contributed by atoms with Crippen molar-refractivity contribution in [2.24, 2.45) is 0 Å². The Kier molecular flexibility index (Phi) is 3.44. The molecule has 5 nitrogen and oxygen atoms in total. The number of carboxylic acids is 1. The van der Waals surface area contributed by atoms with Crippen LogP contribution in [-0.4, -0.2) is 22.0 Å². The number of thiophene rings is 1. The Labute approximate surface area is 127 Å². The molecule has 3 rings (SSSR count). The van der Waals surface area contributed by atoms with Gasteiger partial charge in [-0.2, -0.15) is 11.3 Å². The number of aryl methyl sites for hydroxylation is 1. The molecule has 0 spiro atoms. The number of aromatic nitrogens is 1. The zero-order chi connectivity index (χ0) is 15.0. The molecule has 21 heavy (non-hydrogen) atoms. The molecule has 0 radical (unpaired) electrons. The Balaban J connectivity index is 1.89. The molecule has 0 bridgehead atoms. The highest BCUT2D eigenvalue weighted by molar-refractivity contribution is 7.22. The van der Waals surface area contributed by atoms with Crippen LogP contribution in [0.2, 0.25) is 0 Å². The van der Waals surface area contributed by atoms with Crippen LogP contribution in [0.5, 0.6) is 0 Å². The van der Waals surface area contributed by atoms with Gasteiger partial charge in [0.2, 0.25) is 0 Å². The van der Waals surface area contributed by atoms with Gasteiger partial charge in [-0.15, -0.1) is 0 Å². The van der Waals surface area contributed by atoms with E-state index in [0.717, 1.165) is 10.3 Å². The van der Waals surface area contributed by atoms with E-state index in [0.29, 0.717) is 16.2 Å². The van der Waals surface area contributed by atoms with E-state index in [9.17, 15) is 9.59 Å². The van der Waals surface area contributed by atoms with Crippen molar-refractivity contribution in [1.29, 1.82) is 0 Å². The molecule has 7 heteroatoms. The third-order valence-corrected chi connectivity index (χ3v) is 4.75. The van der Waals surface area contributed by atoms with Crippen molar-refractivity contribution >= 4 is 49.9 Å². The number of nitrogens with one attached hydrogen (secondary N) is 1. The lowest BCUT2D eigenvalue weighted by molar-refractivity contribution is 0.0697. The fraction of sp³-hybridized carbons (Fsp3) is 0.0714. The number of fused-ring (bicyclic) bond motifs is 1. The Morgan fingerprint density at radius 2 is 2.10 bits per heavy atom. The fourth-order valence-corrected chi connectivity index (χ4v) is 3.60. The van der Waals surface area contributed by atoms with Crippen molar-refractivity contribution in [1.82, 2.24) is 4.98 Å². The maximum atomic E-state index is 12.1. The average molecular weight is 318 g/mol. The zero-order valence-electron chi connectivity index (χ0n) is 10.9. The molecule has 2 heterocycles. The molecule has 0 saturated heterocycles. The molecule has 1 amide bonds. The molecule has 0 fully saturated rings. The third-order valence-electron chi connectivity index (χ3n) is 2.96. The molecule has 3 aromatic rings. The van der Waals surface area contributed by atoms with Crippen LogP contribution in [0.4, 0.5) is 5.13 Å². The van der Waals surface area contributed by atoms with Gasteiger partial charge in [0.25, 0.3) is 5.91 Å². The monoisotopic (exact) mass is 318 g/mol. The summed E-state index contributed by atoms with van der Waals surface area (Å²) in [6.45, 7) is 1.88. The number of hydrogen-bond donors (Lipinski definition) is 2. The van der Waals surface area contributed by atoms with Crippen molar-refractivity contribution in [3.05, 3.63) is 45.6 Å². The Morgan fingerprint density at radius 1 is 1.29 bits per heavy atom. The number of aromatic carboxylic acids is 1. The minimum atomic E-state index is -0.982. The van der Waals surface area contributed by atoms with Crippen LogP contribution in [0.25, 0.3) is 10.2 Å². The van der Waals surface area contributed by atoms with Crippen molar-refractivity contribution in [3.8, 4) is 0 Å². The third kappa shape index (κ3) is 2.65. The first-order valence-corrected chi connectivity index (χ1v) is 7.78. The summed E-state index contributed by atoms with van der Waals surface area (Å²) in [6.07, 6.45) is 0. The van der Waals surface area contributed by atoms with Gasteiger partial charge < -0.3 is 5.11 Å². The minimum absolute atomic E-state index is 0.203. The Hall–Kier alpha value is -2.25. The van der Waals surface area contributed by atoms with Crippen molar-refractivity contribution in [2.45, 2.75) is 6.92 Å². The first-order valence-electron chi connectivity index (χ1n) is 6.02. The highest BCUT2D eigenvalue weighted by atomic mass is 32.1. The van der Waals surface area contributed by atoms with Gasteiger partial charge in [0.1, 0.15) is 0 Å². The molecule has 1 aromatic carbocycles. The molecule has 0 aliphatic carbocycles. The number of carbonyl (C=O) groups excluding carboxylic acids is 1. The van der Waals surface area contributed by atoms with Gasteiger partial charge in [-0.3, -0.25) is 10.1 Å². The highest BCUT2D eigenvalue weighted by Gasteiger charge is 2.13. The van der Waals surface area contributed by atoms with Crippen LogP contribution < -0.4 is 5.32 Å². The highest BCUT2D eigenvalue weighted by Crippen LogP contribution is 2.27. The lowest BCUT2D eigenvalue weighted by atomic mass is 10.2. The van der Waals surface area contributed by atoms with Crippen LogP contribution in [0.3, 0.4) is 0 Å². The van der Waals surface area contributed by atoms with Crippen LogP contribution >= 0.6 is 22.7 Å². The summed E-state index contributed by atoms with van der Waals surface area (Å²) in [5, 5.41) is 15.9. The second-order valence-electron chi connectivity index (χ2n) is 4.43. The molecule has 106 valence electrons. The maximum Gasteiger partial charge on any atom is 0.335 e. The number of thiazole rings is 1. The van der Waals surface area contributed by atoms with Crippen LogP contribution in [0.1, 0.15) is 26.3 Å². The zero-order valence-corrected chi connectivity index (χ0v) is 12.5. The predicted molar refractivity (Wildman–Crippen MR) is 83.6 cm³/mol. The van der Waals surface area contributed by atoms with Gasteiger partial charge >= 0.3 is 5.97 Å². The largest absolute Gasteiger partial charge is 0.478 e. The molecule has 2 N–H and O–H groups in total. The Bertz CT molecular complexity index is 851. The second kappa shape index (κ2) is 5.27. The number of amides is 1. The summed E-state index contributed by atoms with van der Waals surface area (Å²) in [6, 6.07) is 4.70. The number of hydrogen-bond acceptors (Lipinski definition) is 5. The van der Waals surface area contributed by atoms with E-state index >= 15 is 0 Å². The summed E-state index contributed by atoms with van der Waals surface area (Å²) < 4.78 is 0.729. The van der Waals surface area contributed by atoms with E-state index in [-0.39, 0.29) is 11.5 Å². The smallest absolute Gasteiger partial charge is 0.335 e. The predicted octanol–water partition coefficient (Wildman–Crippen LogP) is 3.62. The Morgan fingerprint density at radius 3 is 2.76 bits per heavy atom. The van der Waals surface area contributed by atoms with Crippen LogP contribution in [0.15, 0.2) is 29.0 Å². The van der Waals surface area contributed by atoms with Crippen LogP contribution in [-0.2, 0) is 0 Å². The molecule has 0 unspecified atom stereocenters. The summed E-state index contributed by atoms with van der Waals surface area (Å²) >= 11 is 2.73. The van der Waals surface area contributed by atoms with Gasteiger partial charge in [-0.25, -0.2) is 9.78 Å². The fourth-order valence-electron chi connectivity index (χ4n) is 1.87. The SMILES string of the molecule is Cc1cscc1C(=O)Nc1nc2ccc(C(=O)O)cc2s1. The average Bonchev–Trinajstić information content (AvgIpc) is 3.02. The van der Waals surface area contributed by atoms with E-state index in [1.807, 2.05) is 12.3 Å². The van der Waals surface area contributed by atoms with Gasteiger partial charge in [0, 0.05) is 5.38 Å². The molecule has 0 atom stereocenters. The van der Waals surface area contributed by atoms with Crippen molar-refractivity contribution in [3.63, 3.8) is 0 Å². The topological polar surface area (TPSA) is 79.3 Å². The minimum Gasteiger partial charge on any atom is -0.478 e. The normalized spacial score (nSPS) is 10.7. The molecule has 0 aliphatic heterocycles. The standard InChI is InChI=1S/C14H10N2O3S2/c1-7-5-20-6-9(7)12(17)16-14-15-10-3-2-8(13(18)19)4-11(10)21-14/h2-6H,1H3,(H,18,19)(H,15,16,17).